The molecule has 4 N–H and O–H groups in total. The third kappa shape index (κ3) is 4.23. The minimum atomic E-state index is -0.131. The molecule has 0 fully saturated rings. The van der Waals surface area contributed by atoms with Gasteiger partial charge in [0.15, 0.2) is 0 Å². The third-order valence-corrected chi connectivity index (χ3v) is 4.13. The van der Waals surface area contributed by atoms with E-state index < -0.39 is 0 Å². The van der Waals surface area contributed by atoms with E-state index in [2.05, 4.69) is 10.3 Å². The van der Waals surface area contributed by atoms with Crippen molar-refractivity contribution in [1.82, 2.24) is 10.3 Å². The van der Waals surface area contributed by atoms with Crippen molar-refractivity contribution in [2.75, 3.05) is 13.2 Å². The van der Waals surface area contributed by atoms with Crippen LogP contribution in [0.15, 0.2) is 48.8 Å². The monoisotopic (exact) mass is 336 g/mol. The van der Waals surface area contributed by atoms with Crippen molar-refractivity contribution in [1.29, 1.82) is 5.41 Å². The maximum atomic E-state index is 11.9. The number of carbonyl (C=O) groups excluding carboxylic acids is 1. The van der Waals surface area contributed by atoms with Crippen molar-refractivity contribution < 1.29 is 9.53 Å². The number of aromatic nitrogens is 1. The van der Waals surface area contributed by atoms with E-state index in [0.717, 1.165) is 23.3 Å². The van der Waals surface area contributed by atoms with Gasteiger partial charge < -0.3 is 15.8 Å². The lowest BCUT2D eigenvalue weighted by molar-refractivity contribution is -0.116. The van der Waals surface area contributed by atoms with Crippen LogP contribution < -0.4 is 15.8 Å². The van der Waals surface area contributed by atoms with Gasteiger partial charge in [-0.1, -0.05) is 0 Å². The molecule has 2 heterocycles. The van der Waals surface area contributed by atoms with Crippen molar-refractivity contribution in [2.45, 2.75) is 12.3 Å². The fraction of sp³-hybridized carbons (Fsp3) is 0.211. The number of rotatable bonds is 6. The Morgan fingerprint density at radius 1 is 1.36 bits per heavy atom. The molecule has 128 valence electrons. The molecule has 0 aliphatic carbocycles. The van der Waals surface area contributed by atoms with Crippen LogP contribution >= 0.6 is 0 Å². The van der Waals surface area contributed by atoms with E-state index in [1.165, 1.54) is 6.08 Å². The normalized spacial score (nSPS) is 15.6. The lowest BCUT2D eigenvalue weighted by atomic mass is 9.96. The molecular formula is C19H20N4O2. The molecule has 1 atom stereocenters. The largest absolute Gasteiger partial charge is 0.493 e. The minimum Gasteiger partial charge on any atom is -0.493 e. The summed E-state index contributed by atoms with van der Waals surface area (Å²) in [5.41, 5.74) is 8.22. The Morgan fingerprint density at radius 3 is 2.92 bits per heavy atom. The molecule has 3 rings (SSSR count). The molecular weight excluding hydrogens is 316 g/mol. The van der Waals surface area contributed by atoms with E-state index in [1.807, 2.05) is 24.3 Å². The quantitative estimate of drug-likeness (QED) is 0.427. The smallest absolute Gasteiger partial charge is 0.243 e. The molecule has 1 unspecified atom stereocenters. The number of ether oxygens (including phenoxy) is 1. The summed E-state index contributed by atoms with van der Waals surface area (Å²) in [5.74, 6) is 0.939. The van der Waals surface area contributed by atoms with E-state index in [9.17, 15) is 4.79 Å². The van der Waals surface area contributed by atoms with Crippen LogP contribution in [0.2, 0.25) is 0 Å². The van der Waals surface area contributed by atoms with Gasteiger partial charge in [0.2, 0.25) is 5.91 Å². The molecule has 1 amide bonds. The minimum absolute atomic E-state index is 0.0444. The fourth-order valence-electron chi connectivity index (χ4n) is 2.76. The summed E-state index contributed by atoms with van der Waals surface area (Å²) < 4.78 is 5.66. The molecule has 0 bridgehead atoms. The van der Waals surface area contributed by atoms with Gasteiger partial charge in [0, 0.05) is 42.1 Å². The highest BCUT2D eigenvalue weighted by atomic mass is 16.5. The molecule has 0 spiro atoms. The number of carbonyl (C=O) groups is 1. The number of nitrogens with zero attached hydrogens (tertiary/aromatic N) is 1. The topological polar surface area (TPSA) is 101 Å². The molecule has 0 saturated heterocycles. The van der Waals surface area contributed by atoms with Gasteiger partial charge in [-0.15, -0.1) is 0 Å². The SMILES string of the molecule is N=C(N)c1ccc2c(c1)C(CCNC(=O)C=Cc1ccncc1)CO2. The summed E-state index contributed by atoms with van der Waals surface area (Å²) in [6.07, 6.45) is 7.41. The third-order valence-electron chi connectivity index (χ3n) is 4.13. The highest BCUT2D eigenvalue weighted by Crippen LogP contribution is 2.36. The van der Waals surface area contributed by atoms with Gasteiger partial charge in [-0.3, -0.25) is 15.2 Å². The fourth-order valence-corrected chi connectivity index (χ4v) is 2.76. The number of hydrogen-bond donors (Lipinski definition) is 3. The maximum Gasteiger partial charge on any atom is 0.243 e. The number of hydrogen-bond acceptors (Lipinski definition) is 4. The van der Waals surface area contributed by atoms with E-state index in [0.29, 0.717) is 18.7 Å². The first-order chi connectivity index (χ1) is 12.1. The van der Waals surface area contributed by atoms with E-state index >= 15 is 0 Å². The Kier molecular flexibility index (Phi) is 5.09. The van der Waals surface area contributed by atoms with Crippen LogP contribution in [-0.2, 0) is 4.79 Å². The molecule has 1 aliphatic heterocycles. The summed E-state index contributed by atoms with van der Waals surface area (Å²) in [5, 5.41) is 10.4. The van der Waals surface area contributed by atoms with Gasteiger partial charge in [0.1, 0.15) is 11.6 Å². The molecule has 6 nitrogen and oxygen atoms in total. The summed E-state index contributed by atoms with van der Waals surface area (Å²) in [7, 11) is 0. The Labute approximate surface area is 146 Å². The van der Waals surface area contributed by atoms with E-state index in [-0.39, 0.29) is 17.7 Å². The summed E-state index contributed by atoms with van der Waals surface area (Å²) in [6.45, 7) is 1.14. The van der Waals surface area contributed by atoms with Gasteiger partial charge in [-0.2, -0.15) is 0 Å². The van der Waals surface area contributed by atoms with Crippen molar-refractivity contribution in [2.24, 2.45) is 5.73 Å². The van der Waals surface area contributed by atoms with Crippen molar-refractivity contribution in [3.05, 3.63) is 65.5 Å². The zero-order valence-corrected chi connectivity index (χ0v) is 13.7. The van der Waals surface area contributed by atoms with Gasteiger partial charge >= 0.3 is 0 Å². The number of benzene rings is 1. The Bertz CT molecular complexity index is 802. The molecule has 1 aliphatic rings. The van der Waals surface area contributed by atoms with Crippen LogP contribution in [-0.4, -0.2) is 29.9 Å². The summed E-state index contributed by atoms with van der Waals surface area (Å²) in [4.78, 5) is 15.8. The zero-order chi connectivity index (χ0) is 17.6. The number of nitrogens with two attached hydrogens (primary N) is 1. The van der Waals surface area contributed by atoms with Gasteiger partial charge in [-0.25, -0.2) is 0 Å². The average Bonchev–Trinajstić information content (AvgIpc) is 3.03. The van der Waals surface area contributed by atoms with Crippen LogP contribution in [0.25, 0.3) is 6.08 Å². The molecule has 2 aromatic rings. The Balaban J connectivity index is 1.52. The molecule has 6 heteroatoms. The lowest BCUT2D eigenvalue weighted by Crippen LogP contribution is -2.24. The standard InChI is InChI=1S/C19H20N4O2/c20-19(21)14-2-3-17-16(11-14)15(12-25-17)7-10-23-18(24)4-1-13-5-8-22-9-6-13/h1-6,8-9,11,15H,7,10,12H2,(H3,20,21)(H,23,24). The second-order valence-corrected chi connectivity index (χ2v) is 5.87. The number of amides is 1. The van der Waals surface area contributed by atoms with Crippen molar-refractivity contribution in [3.8, 4) is 5.75 Å². The number of pyridine rings is 1. The number of fused-ring (bicyclic) bond motifs is 1. The van der Waals surface area contributed by atoms with Crippen LogP contribution in [0.3, 0.4) is 0 Å². The molecule has 0 saturated carbocycles. The van der Waals surface area contributed by atoms with Crippen LogP contribution in [0, 0.1) is 5.41 Å². The number of nitrogens with one attached hydrogen (secondary N) is 2. The van der Waals surface area contributed by atoms with Crippen LogP contribution in [0.1, 0.15) is 29.0 Å². The van der Waals surface area contributed by atoms with Gasteiger partial charge in [-0.05, 0) is 48.4 Å². The first-order valence-electron chi connectivity index (χ1n) is 8.10. The van der Waals surface area contributed by atoms with Crippen LogP contribution in [0.4, 0.5) is 0 Å². The highest BCUT2D eigenvalue weighted by Gasteiger charge is 2.24. The average molecular weight is 336 g/mol. The second-order valence-electron chi connectivity index (χ2n) is 5.87. The molecule has 0 radical (unpaired) electrons. The predicted octanol–water partition coefficient (Wildman–Crippen LogP) is 2.06. The second kappa shape index (κ2) is 7.61. The predicted molar refractivity (Wildman–Crippen MR) is 96.6 cm³/mol. The van der Waals surface area contributed by atoms with E-state index in [1.54, 1.807) is 24.5 Å². The van der Waals surface area contributed by atoms with Gasteiger partial charge in [0.25, 0.3) is 0 Å². The number of amidine groups is 1. The van der Waals surface area contributed by atoms with Crippen molar-refractivity contribution >= 4 is 17.8 Å². The molecule has 1 aromatic carbocycles. The van der Waals surface area contributed by atoms with Crippen molar-refractivity contribution in [3.63, 3.8) is 0 Å². The first kappa shape index (κ1) is 16.7. The van der Waals surface area contributed by atoms with E-state index in [4.69, 9.17) is 15.9 Å². The number of nitrogen functional groups attached to an aromatic ring is 1. The summed E-state index contributed by atoms with van der Waals surface area (Å²) >= 11 is 0. The Morgan fingerprint density at radius 2 is 2.16 bits per heavy atom. The van der Waals surface area contributed by atoms with Crippen LogP contribution in [0.5, 0.6) is 5.75 Å². The molecule has 25 heavy (non-hydrogen) atoms. The first-order valence-corrected chi connectivity index (χ1v) is 8.10. The van der Waals surface area contributed by atoms with Gasteiger partial charge in [0.05, 0.1) is 6.61 Å². The lowest BCUT2D eigenvalue weighted by Gasteiger charge is -2.10. The highest BCUT2D eigenvalue weighted by molar-refractivity contribution is 5.95. The summed E-state index contributed by atoms with van der Waals surface area (Å²) in [6, 6.07) is 9.21. The maximum absolute atomic E-state index is 11.9. The Hall–Kier alpha value is -3.15. The molecule has 1 aromatic heterocycles. The zero-order valence-electron chi connectivity index (χ0n) is 13.7.